The molecule has 1 N–H and O–H groups in total. The maximum absolute atomic E-state index is 14.4. The summed E-state index contributed by atoms with van der Waals surface area (Å²) in [5.74, 6) is -2.66. The number of nitrogens with zero attached hydrogens (tertiary/aromatic N) is 3. The van der Waals surface area contributed by atoms with Gasteiger partial charge in [-0.1, -0.05) is 84.4 Å². The van der Waals surface area contributed by atoms with Gasteiger partial charge in [-0.15, -0.1) is 0 Å². The minimum atomic E-state index is -1.86. The number of carboxylic acid groups (broad SMARTS) is 1. The lowest BCUT2D eigenvalue weighted by atomic mass is 9.63. The quantitative estimate of drug-likeness (QED) is 0.140. The van der Waals surface area contributed by atoms with Crippen molar-refractivity contribution in [1.82, 2.24) is 9.78 Å². The number of carbonyl (C=O) groups excluding carboxylic acids is 1. The van der Waals surface area contributed by atoms with Gasteiger partial charge >= 0.3 is 5.97 Å². The minimum absolute atomic E-state index is 0.0244. The van der Waals surface area contributed by atoms with E-state index in [1.54, 1.807) is 24.3 Å². The Morgan fingerprint density at radius 3 is 2.16 bits per heavy atom. The first-order chi connectivity index (χ1) is 18.3. The van der Waals surface area contributed by atoms with Gasteiger partial charge in [-0.2, -0.15) is 9.78 Å². The van der Waals surface area contributed by atoms with Crippen molar-refractivity contribution in [2.75, 3.05) is 0 Å². The molecule has 1 heterocycles. The van der Waals surface area contributed by atoms with Gasteiger partial charge in [0.2, 0.25) is 0 Å². The van der Waals surface area contributed by atoms with Crippen molar-refractivity contribution in [2.24, 2.45) is 5.41 Å². The summed E-state index contributed by atoms with van der Waals surface area (Å²) in [6, 6.07) is 26.2. The van der Waals surface area contributed by atoms with Gasteiger partial charge in [0.15, 0.2) is 5.41 Å². The number of hydrogen-bond donors (Lipinski definition) is 1. The Kier molecular flexibility index (Phi) is 6.46. The third-order valence-corrected chi connectivity index (χ3v) is 7.20. The number of benzene rings is 3. The highest BCUT2D eigenvalue weighted by molar-refractivity contribution is 6.06. The van der Waals surface area contributed by atoms with Crippen LogP contribution in [0.1, 0.15) is 36.0 Å². The molecular weight excluding hydrogens is 482 g/mol. The van der Waals surface area contributed by atoms with E-state index in [2.05, 4.69) is 5.10 Å². The number of rotatable bonds is 6. The molecule has 1 aliphatic carbocycles. The highest BCUT2D eigenvalue weighted by Gasteiger charge is 2.55. The molecular formula is C30H25N3O5. The van der Waals surface area contributed by atoms with Crippen LogP contribution < -0.4 is 0 Å². The van der Waals surface area contributed by atoms with E-state index in [0.29, 0.717) is 23.4 Å². The van der Waals surface area contributed by atoms with Crippen molar-refractivity contribution in [3.8, 4) is 22.5 Å². The molecule has 2 unspecified atom stereocenters. The predicted molar refractivity (Wildman–Crippen MR) is 143 cm³/mol. The Hall–Kier alpha value is -4.85. The summed E-state index contributed by atoms with van der Waals surface area (Å²) in [4.78, 5) is 38.2. The molecule has 5 rings (SSSR count). The molecule has 0 saturated carbocycles. The predicted octanol–water partition coefficient (Wildman–Crippen LogP) is 6.36. The van der Waals surface area contributed by atoms with E-state index >= 15 is 0 Å². The highest BCUT2D eigenvalue weighted by Crippen LogP contribution is 2.49. The number of allylic oxidation sites excluding steroid dienone is 2. The zero-order valence-electron chi connectivity index (χ0n) is 20.7. The third kappa shape index (κ3) is 4.30. The summed E-state index contributed by atoms with van der Waals surface area (Å²) < 4.78 is 1.22. The topological polar surface area (TPSA) is 115 Å². The molecule has 0 bridgehead atoms. The summed E-state index contributed by atoms with van der Waals surface area (Å²) in [5.41, 5.74) is 2.10. The summed E-state index contributed by atoms with van der Waals surface area (Å²) in [7, 11) is 0. The van der Waals surface area contributed by atoms with E-state index in [-0.39, 0.29) is 12.1 Å². The molecule has 8 nitrogen and oxygen atoms in total. The number of carbonyl (C=O) groups is 2. The molecule has 0 fully saturated rings. The lowest BCUT2D eigenvalue weighted by molar-refractivity contribution is -0.384. The molecule has 0 amide bonds. The number of carboxylic acids is 1. The number of non-ortho nitro benzene ring substituents is 1. The summed E-state index contributed by atoms with van der Waals surface area (Å²) >= 11 is 0. The molecule has 190 valence electrons. The Labute approximate surface area is 219 Å². The minimum Gasteiger partial charge on any atom is -0.480 e. The molecule has 1 aromatic heterocycles. The second kappa shape index (κ2) is 9.89. The molecule has 0 radical (unpaired) electrons. The summed E-state index contributed by atoms with van der Waals surface area (Å²) in [5, 5.41) is 26.5. The number of hydrogen-bond acceptors (Lipinski definition) is 5. The van der Waals surface area contributed by atoms with Crippen molar-refractivity contribution in [2.45, 2.75) is 25.7 Å². The van der Waals surface area contributed by atoms with Crippen molar-refractivity contribution in [3.05, 3.63) is 118 Å². The van der Waals surface area contributed by atoms with Crippen molar-refractivity contribution >= 4 is 17.6 Å². The summed E-state index contributed by atoms with van der Waals surface area (Å²) in [6.45, 7) is 1.89. The lowest BCUT2D eigenvalue weighted by Crippen LogP contribution is -2.48. The first-order valence-corrected chi connectivity index (χ1v) is 12.2. The normalized spacial score (nSPS) is 19.0. The molecule has 3 aromatic carbocycles. The molecule has 1 aliphatic rings. The van der Waals surface area contributed by atoms with Crippen LogP contribution in [0, 0.1) is 15.5 Å². The zero-order valence-corrected chi connectivity index (χ0v) is 20.7. The van der Waals surface area contributed by atoms with Crippen LogP contribution in [0.5, 0.6) is 0 Å². The van der Waals surface area contributed by atoms with E-state index in [4.69, 9.17) is 0 Å². The van der Waals surface area contributed by atoms with Crippen LogP contribution in [0.4, 0.5) is 5.69 Å². The van der Waals surface area contributed by atoms with Crippen molar-refractivity contribution in [1.29, 1.82) is 0 Å². The van der Waals surface area contributed by atoms with E-state index in [9.17, 15) is 24.8 Å². The first kappa shape index (κ1) is 24.8. The van der Waals surface area contributed by atoms with Gasteiger partial charge < -0.3 is 5.11 Å². The zero-order chi connectivity index (χ0) is 26.9. The van der Waals surface area contributed by atoms with Crippen LogP contribution >= 0.6 is 0 Å². The molecule has 8 heteroatoms. The second-order valence-corrected chi connectivity index (χ2v) is 9.50. The fourth-order valence-electron chi connectivity index (χ4n) is 5.14. The lowest BCUT2D eigenvalue weighted by Gasteiger charge is -2.38. The van der Waals surface area contributed by atoms with Gasteiger partial charge in [-0.05, 0) is 31.4 Å². The average molecular weight is 508 g/mol. The van der Waals surface area contributed by atoms with Gasteiger partial charge in [0.25, 0.3) is 11.6 Å². The average Bonchev–Trinajstić information content (AvgIpc) is 3.39. The largest absolute Gasteiger partial charge is 0.480 e. The SMILES string of the molecule is CC1=CCC(C(=O)O)(C(=O)n2nc(-c3ccccc3)cc2-c2ccccc2)C(c2ccc([N+](=O)[O-])cc2)C1. The fourth-order valence-corrected chi connectivity index (χ4v) is 5.14. The second-order valence-electron chi connectivity index (χ2n) is 9.50. The first-order valence-electron chi connectivity index (χ1n) is 12.2. The van der Waals surface area contributed by atoms with Gasteiger partial charge in [0.1, 0.15) is 0 Å². The van der Waals surface area contributed by atoms with Gasteiger partial charge in [-0.3, -0.25) is 19.7 Å². The van der Waals surface area contributed by atoms with E-state index < -0.39 is 28.1 Å². The molecule has 4 aromatic rings. The summed E-state index contributed by atoms with van der Waals surface area (Å²) in [6.07, 6.45) is 2.09. The number of nitro benzene ring substituents is 1. The Morgan fingerprint density at radius 1 is 0.974 bits per heavy atom. The van der Waals surface area contributed by atoms with Crippen molar-refractivity contribution < 1.29 is 19.6 Å². The number of nitro groups is 1. The van der Waals surface area contributed by atoms with Gasteiger partial charge in [0, 0.05) is 29.2 Å². The Bertz CT molecular complexity index is 1540. The molecule has 0 spiro atoms. The molecule has 38 heavy (non-hydrogen) atoms. The van der Waals surface area contributed by atoms with E-state index in [1.165, 1.54) is 16.8 Å². The maximum Gasteiger partial charge on any atom is 0.320 e. The van der Waals surface area contributed by atoms with Crippen LogP contribution in [-0.2, 0) is 4.79 Å². The van der Waals surface area contributed by atoms with Gasteiger partial charge in [0.05, 0.1) is 16.3 Å². The van der Waals surface area contributed by atoms with Crippen LogP contribution in [-0.4, -0.2) is 31.7 Å². The number of aliphatic carboxylic acids is 1. The van der Waals surface area contributed by atoms with E-state index in [1.807, 2.05) is 67.6 Å². The Morgan fingerprint density at radius 2 is 1.58 bits per heavy atom. The number of aromatic nitrogens is 2. The van der Waals surface area contributed by atoms with Crippen LogP contribution in [0.2, 0.25) is 0 Å². The van der Waals surface area contributed by atoms with Crippen LogP contribution in [0.25, 0.3) is 22.5 Å². The van der Waals surface area contributed by atoms with Crippen LogP contribution in [0.15, 0.2) is 103 Å². The van der Waals surface area contributed by atoms with Gasteiger partial charge in [-0.25, -0.2) is 0 Å². The Balaban J connectivity index is 1.69. The van der Waals surface area contributed by atoms with Crippen molar-refractivity contribution in [3.63, 3.8) is 0 Å². The molecule has 0 aliphatic heterocycles. The standard InChI is InChI=1S/C30H25N3O5/c1-20-16-17-30(29(35)36,25(18-20)21-12-14-24(15-13-21)33(37)38)28(34)32-27(23-10-6-3-7-11-23)19-26(31-32)22-8-4-2-5-9-22/h2-16,19,25H,17-18H2,1H3,(H,35,36). The van der Waals surface area contributed by atoms with E-state index in [0.717, 1.165) is 16.7 Å². The highest BCUT2D eigenvalue weighted by atomic mass is 16.6. The maximum atomic E-state index is 14.4. The smallest absolute Gasteiger partial charge is 0.320 e. The monoisotopic (exact) mass is 507 g/mol. The fraction of sp³-hybridized carbons (Fsp3) is 0.167. The molecule has 0 saturated heterocycles. The van der Waals surface area contributed by atoms with Crippen LogP contribution in [0.3, 0.4) is 0 Å². The molecule has 2 atom stereocenters. The third-order valence-electron chi connectivity index (χ3n) is 7.20.